The third-order valence-corrected chi connectivity index (χ3v) is 5.26. The zero-order valence-corrected chi connectivity index (χ0v) is 18.9. The molecule has 1 amide bonds. The predicted octanol–water partition coefficient (Wildman–Crippen LogP) is 4.33. The topological polar surface area (TPSA) is 78.4 Å². The van der Waals surface area contributed by atoms with Gasteiger partial charge in [-0.1, -0.05) is 42.5 Å². The van der Waals surface area contributed by atoms with Gasteiger partial charge in [-0.2, -0.15) is 5.10 Å². The van der Waals surface area contributed by atoms with E-state index in [2.05, 4.69) is 26.5 Å². The number of carbonyl (C=O) groups excluding carboxylic acids is 1. The Morgan fingerprint density at radius 1 is 1.16 bits per heavy atom. The van der Waals surface area contributed by atoms with Crippen molar-refractivity contribution in [1.82, 2.24) is 5.43 Å². The molecule has 3 aromatic rings. The third kappa shape index (κ3) is 5.20. The number of nitrogens with zero attached hydrogens (tertiary/aromatic N) is 1. The molecule has 0 spiro atoms. The van der Waals surface area contributed by atoms with Crippen LogP contribution < -0.4 is 24.4 Å². The largest absolute Gasteiger partial charge is 0.493 e. The number of carbonyl (C=O) groups is 1. The standard InChI is InChI=1S/C24H21BrN2O5/c1-29-21-12-17(11-18(25)23(21)31-14-16-7-3-2-4-8-16)13-26-27-24(28)22-15-30-19-9-5-6-10-20(19)32-22/h2-13,22H,14-15H2,1H3,(H,27,28)/b26-13-/t22-/m1/s1. The van der Waals surface area contributed by atoms with Crippen LogP contribution in [0.3, 0.4) is 0 Å². The Morgan fingerprint density at radius 2 is 1.91 bits per heavy atom. The molecule has 1 N–H and O–H groups in total. The Balaban J connectivity index is 1.38. The zero-order valence-electron chi connectivity index (χ0n) is 17.3. The van der Waals surface area contributed by atoms with Crippen LogP contribution in [0.1, 0.15) is 11.1 Å². The minimum Gasteiger partial charge on any atom is -0.493 e. The van der Waals surface area contributed by atoms with Gasteiger partial charge in [0.1, 0.15) is 13.2 Å². The SMILES string of the molecule is COc1cc(/C=N\NC(=O)[C@H]2COc3ccccc3O2)cc(Br)c1OCc1ccccc1. The number of methoxy groups -OCH3 is 1. The van der Waals surface area contributed by atoms with Crippen molar-refractivity contribution in [2.75, 3.05) is 13.7 Å². The second-order valence-corrected chi connectivity index (χ2v) is 7.76. The van der Waals surface area contributed by atoms with Crippen LogP contribution in [0.25, 0.3) is 0 Å². The van der Waals surface area contributed by atoms with Gasteiger partial charge in [-0.25, -0.2) is 5.43 Å². The lowest BCUT2D eigenvalue weighted by Crippen LogP contribution is -2.42. The maximum Gasteiger partial charge on any atom is 0.284 e. The molecule has 1 atom stereocenters. The van der Waals surface area contributed by atoms with Crippen molar-refractivity contribution < 1.29 is 23.7 Å². The number of halogens is 1. The summed E-state index contributed by atoms with van der Waals surface area (Å²) in [4.78, 5) is 12.4. The summed E-state index contributed by atoms with van der Waals surface area (Å²) in [6.45, 7) is 0.525. The molecule has 0 bridgehead atoms. The number of para-hydroxylation sites is 2. The Labute approximate surface area is 194 Å². The first-order valence-electron chi connectivity index (χ1n) is 9.89. The molecule has 0 saturated carbocycles. The van der Waals surface area contributed by atoms with E-state index in [4.69, 9.17) is 18.9 Å². The van der Waals surface area contributed by atoms with Crippen LogP contribution in [-0.2, 0) is 11.4 Å². The van der Waals surface area contributed by atoms with Crippen LogP contribution in [0.2, 0.25) is 0 Å². The van der Waals surface area contributed by atoms with Gasteiger partial charge in [0.25, 0.3) is 5.91 Å². The number of nitrogens with one attached hydrogen (secondary N) is 1. The highest BCUT2D eigenvalue weighted by atomic mass is 79.9. The van der Waals surface area contributed by atoms with Gasteiger partial charge in [0.2, 0.25) is 6.10 Å². The van der Waals surface area contributed by atoms with E-state index in [9.17, 15) is 4.79 Å². The van der Waals surface area contributed by atoms with Gasteiger partial charge >= 0.3 is 0 Å². The van der Waals surface area contributed by atoms with Gasteiger partial charge in [-0.3, -0.25) is 4.79 Å². The average molecular weight is 497 g/mol. The molecule has 1 aliphatic heterocycles. The molecule has 7 nitrogen and oxygen atoms in total. The van der Waals surface area contributed by atoms with Crippen LogP contribution in [-0.4, -0.2) is 31.9 Å². The summed E-state index contributed by atoms with van der Waals surface area (Å²) in [6.07, 6.45) is 0.737. The summed E-state index contributed by atoms with van der Waals surface area (Å²) in [7, 11) is 1.57. The van der Waals surface area contributed by atoms with E-state index in [0.717, 1.165) is 5.56 Å². The monoisotopic (exact) mass is 496 g/mol. The smallest absolute Gasteiger partial charge is 0.284 e. The summed E-state index contributed by atoms with van der Waals surface area (Å²) in [5.41, 5.74) is 4.25. The number of amides is 1. The molecule has 0 aromatic heterocycles. The molecule has 4 rings (SSSR count). The van der Waals surface area contributed by atoms with Crippen molar-refractivity contribution in [3.8, 4) is 23.0 Å². The maximum atomic E-state index is 12.4. The van der Waals surface area contributed by atoms with E-state index in [1.165, 1.54) is 6.21 Å². The number of hydrogen-bond acceptors (Lipinski definition) is 6. The maximum absolute atomic E-state index is 12.4. The van der Waals surface area contributed by atoms with Crippen LogP contribution in [0.5, 0.6) is 23.0 Å². The second-order valence-electron chi connectivity index (χ2n) is 6.91. The minimum atomic E-state index is -0.780. The van der Waals surface area contributed by atoms with Crippen molar-refractivity contribution >= 4 is 28.1 Å². The van der Waals surface area contributed by atoms with Crippen molar-refractivity contribution in [3.63, 3.8) is 0 Å². The predicted molar refractivity (Wildman–Crippen MR) is 124 cm³/mol. The van der Waals surface area contributed by atoms with Crippen molar-refractivity contribution in [3.05, 3.63) is 82.3 Å². The molecular formula is C24H21BrN2O5. The molecule has 1 aliphatic rings. The van der Waals surface area contributed by atoms with Crippen LogP contribution in [0, 0.1) is 0 Å². The van der Waals surface area contributed by atoms with Crippen molar-refractivity contribution in [1.29, 1.82) is 0 Å². The van der Waals surface area contributed by atoms with Crippen LogP contribution in [0.4, 0.5) is 0 Å². The van der Waals surface area contributed by atoms with E-state index in [-0.39, 0.29) is 6.61 Å². The summed E-state index contributed by atoms with van der Waals surface area (Å²) >= 11 is 3.52. The number of hydrazone groups is 1. The lowest BCUT2D eigenvalue weighted by molar-refractivity contribution is -0.130. The third-order valence-electron chi connectivity index (χ3n) is 4.67. The first kappa shape index (κ1) is 21.7. The van der Waals surface area contributed by atoms with Gasteiger partial charge in [-0.05, 0) is 51.3 Å². The Kier molecular flexibility index (Phi) is 6.91. The lowest BCUT2D eigenvalue weighted by Gasteiger charge is -2.24. The Bertz CT molecular complexity index is 1120. The minimum absolute atomic E-state index is 0.116. The number of fused-ring (bicyclic) bond motifs is 1. The molecule has 3 aromatic carbocycles. The Morgan fingerprint density at radius 3 is 2.69 bits per heavy atom. The fourth-order valence-corrected chi connectivity index (χ4v) is 3.65. The van der Waals surface area contributed by atoms with Crippen LogP contribution in [0.15, 0.2) is 76.3 Å². The summed E-state index contributed by atoms with van der Waals surface area (Å²) < 4.78 is 23.4. The fraction of sp³-hybridized carbons (Fsp3) is 0.167. The number of hydrogen-bond donors (Lipinski definition) is 1. The lowest BCUT2D eigenvalue weighted by atomic mass is 10.2. The van der Waals surface area contributed by atoms with E-state index < -0.39 is 12.0 Å². The van der Waals surface area contributed by atoms with Crippen LogP contribution >= 0.6 is 15.9 Å². The summed E-state index contributed by atoms with van der Waals surface area (Å²) in [5, 5.41) is 4.04. The number of benzene rings is 3. The zero-order chi connectivity index (χ0) is 22.3. The molecule has 164 valence electrons. The van der Waals surface area contributed by atoms with Gasteiger partial charge in [0.15, 0.2) is 23.0 Å². The quantitative estimate of drug-likeness (QED) is 0.389. The van der Waals surface area contributed by atoms with E-state index in [1.54, 1.807) is 25.3 Å². The molecule has 0 fully saturated rings. The van der Waals surface area contributed by atoms with E-state index in [0.29, 0.717) is 39.6 Å². The molecular weight excluding hydrogens is 476 g/mol. The highest BCUT2D eigenvalue weighted by molar-refractivity contribution is 9.10. The molecule has 0 aliphatic carbocycles. The summed E-state index contributed by atoms with van der Waals surface area (Å²) in [6, 6.07) is 20.7. The van der Waals surface area contributed by atoms with Gasteiger partial charge in [0.05, 0.1) is 17.8 Å². The highest BCUT2D eigenvalue weighted by Gasteiger charge is 2.27. The average Bonchev–Trinajstić information content (AvgIpc) is 2.83. The van der Waals surface area contributed by atoms with Gasteiger partial charge < -0.3 is 18.9 Å². The molecule has 0 radical (unpaired) electrons. The van der Waals surface area contributed by atoms with Crippen molar-refractivity contribution in [2.45, 2.75) is 12.7 Å². The highest BCUT2D eigenvalue weighted by Crippen LogP contribution is 2.37. The molecule has 0 saturated heterocycles. The summed E-state index contributed by atoms with van der Waals surface area (Å²) in [5.74, 6) is 1.88. The van der Waals surface area contributed by atoms with Gasteiger partial charge in [-0.15, -0.1) is 0 Å². The van der Waals surface area contributed by atoms with E-state index >= 15 is 0 Å². The van der Waals surface area contributed by atoms with Crippen molar-refractivity contribution in [2.24, 2.45) is 5.10 Å². The molecule has 32 heavy (non-hydrogen) atoms. The first-order chi connectivity index (χ1) is 15.6. The number of rotatable bonds is 7. The molecule has 0 unspecified atom stereocenters. The Hall–Kier alpha value is -3.52. The molecule has 8 heteroatoms. The number of ether oxygens (including phenoxy) is 4. The van der Waals surface area contributed by atoms with Gasteiger partial charge in [0, 0.05) is 0 Å². The second kappa shape index (κ2) is 10.2. The first-order valence-corrected chi connectivity index (χ1v) is 10.7. The normalized spacial score (nSPS) is 14.8. The van der Waals surface area contributed by atoms with E-state index in [1.807, 2.05) is 48.5 Å². The fourth-order valence-electron chi connectivity index (χ4n) is 3.08. The molecule has 1 heterocycles.